The van der Waals surface area contributed by atoms with Crippen molar-refractivity contribution in [2.45, 2.75) is 57.7 Å². The molecule has 1 atom stereocenters. The van der Waals surface area contributed by atoms with E-state index in [4.69, 9.17) is 4.74 Å². The predicted molar refractivity (Wildman–Crippen MR) is 81.0 cm³/mol. The minimum absolute atomic E-state index is 0.120. The largest absolute Gasteiger partial charge is 0.444 e. The summed E-state index contributed by atoms with van der Waals surface area (Å²) in [6, 6.07) is 0.284. The molecule has 1 amide bonds. The fourth-order valence-corrected chi connectivity index (χ4v) is 4.71. The van der Waals surface area contributed by atoms with Crippen LogP contribution in [0, 0.1) is 0 Å². The summed E-state index contributed by atoms with van der Waals surface area (Å²) in [4.78, 5) is 14.0. The van der Waals surface area contributed by atoms with Crippen molar-refractivity contribution in [2.75, 3.05) is 24.6 Å². The zero-order valence-corrected chi connectivity index (χ0v) is 13.9. The van der Waals surface area contributed by atoms with Crippen LogP contribution >= 0.6 is 0 Å². The van der Waals surface area contributed by atoms with Gasteiger partial charge in [-0.2, -0.15) is 0 Å². The second-order valence-corrected chi connectivity index (χ2v) is 9.24. The molecule has 1 unspecified atom stereocenters. The van der Waals surface area contributed by atoms with E-state index < -0.39 is 15.4 Å². The first kappa shape index (κ1) is 16.5. The molecule has 1 N–H and O–H groups in total. The Bertz CT molecular complexity index is 476. The van der Waals surface area contributed by atoms with Gasteiger partial charge in [-0.15, -0.1) is 0 Å². The van der Waals surface area contributed by atoms with Crippen molar-refractivity contribution in [1.29, 1.82) is 0 Å². The molecule has 0 bridgehead atoms. The lowest BCUT2D eigenvalue weighted by atomic mass is 10.0. The third-order valence-electron chi connectivity index (χ3n) is 3.98. The number of nitrogens with zero attached hydrogens (tertiary/aromatic N) is 1. The summed E-state index contributed by atoms with van der Waals surface area (Å²) in [7, 11) is -2.83. The summed E-state index contributed by atoms with van der Waals surface area (Å²) in [5, 5.41) is 2.90. The molecule has 2 saturated heterocycles. The Morgan fingerprint density at radius 1 is 1.19 bits per heavy atom. The van der Waals surface area contributed by atoms with E-state index in [9.17, 15) is 13.2 Å². The van der Waals surface area contributed by atoms with Gasteiger partial charge in [0.05, 0.1) is 11.5 Å². The molecule has 0 radical (unpaired) electrons. The van der Waals surface area contributed by atoms with Gasteiger partial charge in [-0.25, -0.2) is 13.2 Å². The van der Waals surface area contributed by atoms with Gasteiger partial charge in [0.2, 0.25) is 0 Å². The number of alkyl carbamates (subject to hydrolysis) is 1. The highest BCUT2D eigenvalue weighted by Crippen LogP contribution is 2.22. The minimum atomic E-state index is -2.83. The summed E-state index contributed by atoms with van der Waals surface area (Å²) in [6.07, 6.45) is 2.06. The van der Waals surface area contributed by atoms with Crippen molar-refractivity contribution in [3.8, 4) is 0 Å². The second-order valence-electron chi connectivity index (χ2n) is 7.01. The molecule has 0 aromatic heterocycles. The minimum Gasteiger partial charge on any atom is -0.444 e. The molecular weight excluding hydrogens is 292 g/mol. The van der Waals surface area contributed by atoms with Gasteiger partial charge in [-0.05, 0) is 40.0 Å². The first-order valence-corrected chi connectivity index (χ1v) is 9.41. The predicted octanol–water partition coefficient (Wildman–Crippen LogP) is 1.16. The average molecular weight is 318 g/mol. The van der Waals surface area contributed by atoms with Crippen LogP contribution in [0.3, 0.4) is 0 Å². The molecule has 0 aromatic rings. The van der Waals surface area contributed by atoms with Crippen LogP contribution in [0.2, 0.25) is 0 Å². The normalized spacial score (nSPS) is 27.5. The van der Waals surface area contributed by atoms with Crippen molar-refractivity contribution in [3.63, 3.8) is 0 Å². The molecule has 0 aromatic carbocycles. The molecule has 2 heterocycles. The molecule has 21 heavy (non-hydrogen) atoms. The van der Waals surface area contributed by atoms with E-state index in [1.165, 1.54) is 0 Å². The quantitative estimate of drug-likeness (QED) is 0.827. The molecule has 0 saturated carbocycles. The van der Waals surface area contributed by atoms with E-state index in [1.807, 2.05) is 20.8 Å². The van der Waals surface area contributed by atoms with Crippen LogP contribution in [0.25, 0.3) is 0 Å². The van der Waals surface area contributed by atoms with Crippen molar-refractivity contribution >= 4 is 15.9 Å². The highest BCUT2D eigenvalue weighted by molar-refractivity contribution is 7.91. The van der Waals surface area contributed by atoms with Gasteiger partial charge >= 0.3 is 6.09 Å². The van der Waals surface area contributed by atoms with Crippen molar-refractivity contribution in [2.24, 2.45) is 0 Å². The van der Waals surface area contributed by atoms with Crippen LogP contribution in [0.1, 0.15) is 40.0 Å². The second kappa shape index (κ2) is 6.12. The van der Waals surface area contributed by atoms with Crippen LogP contribution in [0.5, 0.6) is 0 Å². The summed E-state index contributed by atoms with van der Waals surface area (Å²) in [6.45, 7) is 7.20. The lowest BCUT2D eigenvalue weighted by Gasteiger charge is -2.35. The van der Waals surface area contributed by atoms with Gasteiger partial charge in [-0.1, -0.05) is 0 Å². The van der Waals surface area contributed by atoms with Crippen LogP contribution in [-0.4, -0.2) is 61.7 Å². The molecule has 2 rings (SSSR count). The number of piperidine rings is 1. The maximum atomic E-state index is 11.7. The third kappa shape index (κ3) is 5.14. The van der Waals surface area contributed by atoms with E-state index in [2.05, 4.69) is 10.2 Å². The van der Waals surface area contributed by atoms with Gasteiger partial charge in [0.25, 0.3) is 0 Å². The van der Waals surface area contributed by atoms with E-state index >= 15 is 0 Å². The van der Waals surface area contributed by atoms with E-state index in [1.54, 1.807) is 0 Å². The Hall–Kier alpha value is -0.820. The fraction of sp³-hybridized carbons (Fsp3) is 0.929. The Morgan fingerprint density at radius 3 is 2.29 bits per heavy atom. The van der Waals surface area contributed by atoms with Crippen LogP contribution in [-0.2, 0) is 14.6 Å². The first-order valence-electron chi connectivity index (χ1n) is 7.59. The number of sulfone groups is 1. The molecule has 7 heteroatoms. The Balaban J connectivity index is 1.75. The summed E-state index contributed by atoms with van der Waals surface area (Å²) >= 11 is 0. The van der Waals surface area contributed by atoms with Gasteiger partial charge in [0, 0.05) is 25.2 Å². The van der Waals surface area contributed by atoms with E-state index in [-0.39, 0.29) is 23.9 Å². The monoisotopic (exact) mass is 318 g/mol. The number of amides is 1. The zero-order valence-electron chi connectivity index (χ0n) is 13.1. The number of carbonyl (C=O) groups is 1. The third-order valence-corrected chi connectivity index (χ3v) is 5.73. The molecule has 0 spiro atoms. The smallest absolute Gasteiger partial charge is 0.407 e. The maximum absolute atomic E-state index is 11.7. The number of likely N-dealkylation sites (tertiary alicyclic amines) is 1. The molecular formula is C14H26N2O4S. The average Bonchev–Trinajstić information content (AvgIpc) is 2.68. The molecule has 0 aliphatic carbocycles. The number of carbonyl (C=O) groups excluding carboxylic acids is 1. The lowest BCUT2D eigenvalue weighted by molar-refractivity contribution is 0.0471. The SMILES string of the molecule is CC(C)(C)OC(=O)NC1CCN(C2CCS(=O)(=O)C2)CC1. The highest BCUT2D eigenvalue weighted by Gasteiger charge is 2.34. The van der Waals surface area contributed by atoms with E-state index in [0.29, 0.717) is 5.75 Å². The Kier molecular flexibility index (Phi) is 4.82. The van der Waals surface area contributed by atoms with Crippen LogP contribution in [0.15, 0.2) is 0 Å². The van der Waals surface area contributed by atoms with Crippen molar-refractivity contribution in [3.05, 3.63) is 0 Å². The summed E-state index contributed by atoms with van der Waals surface area (Å²) in [5.41, 5.74) is -0.483. The lowest BCUT2D eigenvalue weighted by Crippen LogP contribution is -2.49. The highest BCUT2D eigenvalue weighted by atomic mass is 32.2. The zero-order chi connectivity index (χ0) is 15.7. The number of ether oxygens (including phenoxy) is 1. The topological polar surface area (TPSA) is 75.7 Å². The van der Waals surface area contributed by atoms with Gasteiger partial charge < -0.3 is 10.1 Å². The Morgan fingerprint density at radius 2 is 1.81 bits per heavy atom. The number of hydrogen-bond acceptors (Lipinski definition) is 5. The molecule has 2 fully saturated rings. The summed E-state index contributed by atoms with van der Waals surface area (Å²) in [5.74, 6) is 0.602. The van der Waals surface area contributed by atoms with Crippen LogP contribution < -0.4 is 5.32 Å². The van der Waals surface area contributed by atoms with Gasteiger partial charge in [-0.3, -0.25) is 4.90 Å². The number of hydrogen-bond donors (Lipinski definition) is 1. The fourth-order valence-electron chi connectivity index (χ4n) is 2.95. The molecule has 2 aliphatic rings. The van der Waals surface area contributed by atoms with Gasteiger partial charge in [0.15, 0.2) is 9.84 Å². The van der Waals surface area contributed by atoms with Crippen molar-refractivity contribution < 1.29 is 17.9 Å². The molecule has 122 valence electrons. The van der Waals surface area contributed by atoms with Gasteiger partial charge in [0.1, 0.15) is 5.60 Å². The first-order chi connectivity index (χ1) is 9.65. The number of nitrogens with one attached hydrogen (secondary N) is 1. The standard InChI is InChI=1S/C14H26N2O4S/c1-14(2,3)20-13(17)15-11-4-7-16(8-5-11)12-6-9-21(18,19)10-12/h11-12H,4-10H2,1-3H3,(H,15,17). The molecule has 2 aliphatic heterocycles. The van der Waals surface area contributed by atoms with Crippen molar-refractivity contribution in [1.82, 2.24) is 10.2 Å². The number of rotatable bonds is 2. The maximum Gasteiger partial charge on any atom is 0.407 e. The summed E-state index contributed by atoms with van der Waals surface area (Å²) < 4.78 is 28.3. The molecule has 6 nitrogen and oxygen atoms in total. The van der Waals surface area contributed by atoms with E-state index in [0.717, 1.165) is 32.4 Å². The Labute approximate surface area is 127 Å². The van der Waals surface area contributed by atoms with Crippen LogP contribution in [0.4, 0.5) is 4.79 Å².